The maximum absolute atomic E-state index is 11.3. The van der Waals surface area contributed by atoms with Gasteiger partial charge in [0.1, 0.15) is 0 Å². The number of hydrogen-bond donors (Lipinski definition) is 2. The molecule has 0 radical (unpaired) electrons. The molecule has 0 amide bonds. The summed E-state index contributed by atoms with van der Waals surface area (Å²) < 4.78 is 4.31. The Bertz CT molecular complexity index is 415. The van der Waals surface area contributed by atoms with E-state index >= 15 is 0 Å². The van der Waals surface area contributed by atoms with Crippen LogP contribution in [-0.4, -0.2) is 34.9 Å². The lowest BCUT2D eigenvalue weighted by atomic mass is 10.1. The third-order valence-corrected chi connectivity index (χ3v) is 4.10. The van der Waals surface area contributed by atoms with Gasteiger partial charge in [-0.25, -0.2) is 9.59 Å². The van der Waals surface area contributed by atoms with Crippen LogP contribution in [-0.2, 0) is 14.3 Å². The molecule has 5 nitrogen and oxygen atoms in total. The van der Waals surface area contributed by atoms with Crippen LogP contribution in [0.25, 0.3) is 0 Å². The second kappa shape index (κ2) is 18.3. The number of ether oxygens (including phenoxy) is 1. The minimum absolute atomic E-state index is 0.769. The first-order chi connectivity index (χ1) is 12.6. The van der Waals surface area contributed by atoms with Gasteiger partial charge >= 0.3 is 11.9 Å². The molecule has 0 aromatic heterocycles. The number of aliphatic hydroxyl groups excluding tert-OH is 2. The summed E-state index contributed by atoms with van der Waals surface area (Å²) in [6.07, 6.45) is 20.1. The van der Waals surface area contributed by atoms with Crippen LogP contribution >= 0.6 is 0 Å². The van der Waals surface area contributed by atoms with E-state index in [-0.39, 0.29) is 0 Å². The number of esters is 2. The van der Waals surface area contributed by atoms with E-state index in [1.807, 2.05) is 6.08 Å². The van der Waals surface area contributed by atoms with Crippen LogP contribution in [0.5, 0.6) is 0 Å². The Hall–Kier alpha value is -1.46. The largest absolute Gasteiger partial charge is 0.393 e. The van der Waals surface area contributed by atoms with Crippen LogP contribution in [0.1, 0.15) is 84.0 Å². The van der Waals surface area contributed by atoms with E-state index in [9.17, 15) is 9.59 Å². The molecule has 0 saturated carbocycles. The van der Waals surface area contributed by atoms with Gasteiger partial charge in [0.2, 0.25) is 0 Å². The zero-order valence-corrected chi connectivity index (χ0v) is 16.2. The molecule has 2 N–H and O–H groups in total. The molecule has 0 aliphatic carbocycles. The topological polar surface area (TPSA) is 83.8 Å². The van der Waals surface area contributed by atoms with Crippen LogP contribution in [0.3, 0.4) is 0 Å². The molecule has 150 valence electrons. The normalized spacial score (nSPS) is 12.7. The van der Waals surface area contributed by atoms with Gasteiger partial charge in [0.15, 0.2) is 6.10 Å². The van der Waals surface area contributed by atoms with Gasteiger partial charge in [0.05, 0.1) is 6.61 Å². The standard InChI is InChI=1S/C21H36O5/c1-2-3-4-5-6-7-8-9-10-11-12-13-14-15-16-17-20(24)26-21(25)19(23)18-22/h14-17,19,22-23H,2-13,18H2,1H3. The van der Waals surface area contributed by atoms with Crippen molar-refractivity contribution in [2.75, 3.05) is 6.61 Å². The van der Waals surface area contributed by atoms with Crippen LogP contribution in [0.2, 0.25) is 0 Å². The number of carbonyl (C=O) groups is 2. The Morgan fingerprint density at radius 1 is 0.885 bits per heavy atom. The Kier molecular flexibility index (Phi) is 17.3. The molecule has 0 rings (SSSR count). The molecule has 1 atom stereocenters. The number of allylic oxidation sites excluding steroid dienone is 3. The number of unbranched alkanes of at least 4 members (excludes halogenated alkanes) is 11. The fourth-order valence-corrected chi connectivity index (χ4v) is 2.51. The fourth-order valence-electron chi connectivity index (χ4n) is 2.51. The van der Waals surface area contributed by atoms with Gasteiger partial charge in [-0.05, 0) is 12.8 Å². The molecule has 5 heteroatoms. The second-order valence-electron chi connectivity index (χ2n) is 6.55. The Morgan fingerprint density at radius 2 is 1.42 bits per heavy atom. The molecule has 0 aliphatic rings. The van der Waals surface area contributed by atoms with E-state index in [1.165, 1.54) is 70.3 Å². The van der Waals surface area contributed by atoms with Crippen molar-refractivity contribution in [1.82, 2.24) is 0 Å². The van der Waals surface area contributed by atoms with Gasteiger partial charge in [-0.3, -0.25) is 0 Å². The van der Waals surface area contributed by atoms with Gasteiger partial charge < -0.3 is 14.9 Å². The average Bonchev–Trinajstić information content (AvgIpc) is 2.64. The molecule has 0 aromatic rings. The first kappa shape index (κ1) is 24.5. The molecule has 26 heavy (non-hydrogen) atoms. The summed E-state index contributed by atoms with van der Waals surface area (Å²) in [5, 5.41) is 17.5. The van der Waals surface area contributed by atoms with Crippen molar-refractivity contribution in [3.05, 3.63) is 24.3 Å². The summed E-state index contributed by atoms with van der Waals surface area (Å²) in [6.45, 7) is 1.48. The van der Waals surface area contributed by atoms with Crippen molar-refractivity contribution in [3.8, 4) is 0 Å². The summed E-state index contributed by atoms with van der Waals surface area (Å²) >= 11 is 0. The summed E-state index contributed by atoms with van der Waals surface area (Å²) in [6, 6.07) is 0. The zero-order valence-electron chi connectivity index (χ0n) is 16.2. The average molecular weight is 369 g/mol. The fraction of sp³-hybridized carbons (Fsp3) is 0.714. The van der Waals surface area contributed by atoms with E-state index in [2.05, 4.69) is 11.7 Å². The molecule has 0 saturated heterocycles. The van der Waals surface area contributed by atoms with Gasteiger partial charge in [-0.15, -0.1) is 0 Å². The van der Waals surface area contributed by atoms with Crippen molar-refractivity contribution < 1.29 is 24.5 Å². The molecular formula is C21H36O5. The highest BCUT2D eigenvalue weighted by molar-refractivity contribution is 5.93. The number of aliphatic hydroxyl groups is 2. The summed E-state index contributed by atoms with van der Waals surface area (Å²) in [4.78, 5) is 22.3. The van der Waals surface area contributed by atoms with Gasteiger partial charge in [-0.1, -0.05) is 89.4 Å². The maximum Gasteiger partial charge on any atom is 0.345 e. The zero-order chi connectivity index (χ0) is 19.5. The molecule has 0 aliphatic heterocycles. The predicted octanol–water partition coefficient (Wildman–Crippen LogP) is 4.22. The van der Waals surface area contributed by atoms with Crippen molar-refractivity contribution >= 4 is 11.9 Å². The van der Waals surface area contributed by atoms with Crippen molar-refractivity contribution in [2.45, 2.75) is 90.1 Å². The van der Waals surface area contributed by atoms with E-state index in [0.717, 1.165) is 18.9 Å². The van der Waals surface area contributed by atoms with Gasteiger partial charge in [0, 0.05) is 6.08 Å². The molecule has 1 unspecified atom stereocenters. The molecule has 0 fully saturated rings. The molecule has 0 aromatic carbocycles. The summed E-state index contributed by atoms with van der Waals surface area (Å²) in [5.74, 6) is -2.01. The van der Waals surface area contributed by atoms with E-state index < -0.39 is 24.6 Å². The first-order valence-electron chi connectivity index (χ1n) is 9.99. The first-order valence-corrected chi connectivity index (χ1v) is 9.99. The van der Waals surface area contributed by atoms with Crippen molar-refractivity contribution in [3.63, 3.8) is 0 Å². The molecule has 0 bridgehead atoms. The summed E-state index contributed by atoms with van der Waals surface area (Å²) in [5.41, 5.74) is 0. The second-order valence-corrected chi connectivity index (χ2v) is 6.55. The monoisotopic (exact) mass is 368 g/mol. The third-order valence-electron chi connectivity index (χ3n) is 4.10. The number of hydrogen-bond acceptors (Lipinski definition) is 5. The quantitative estimate of drug-likeness (QED) is 0.140. The molecular weight excluding hydrogens is 332 g/mol. The van der Waals surface area contributed by atoms with Crippen LogP contribution < -0.4 is 0 Å². The lowest BCUT2D eigenvalue weighted by molar-refractivity contribution is -0.164. The summed E-state index contributed by atoms with van der Waals surface area (Å²) in [7, 11) is 0. The Balaban J connectivity index is 3.47. The Labute approximate surface area is 158 Å². The molecule has 0 heterocycles. The minimum Gasteiger partial charge on any atom is -0.393 e. The predicted molar refractivity (Wildman–Crippen MR) is 104 cm³/mol. The van der Waals surface area contributed by atoms with Crippen LogP contribution in [0, 0.1) is 0 Å². The van der Waals surface area contributed by atoms with Crippen LogP contribution in [0.4, 0.5) is 0 Å². The van der Waals surface area contributed by atoms with E-state index in [0.29, 0.717) is 0 Å². The highest BCUT2D eigenvalue weighted by Gasteiger charge is 2.17. The molecule has 0 spiro atoms. The van der Waals surface area contributed by atoms with E-state index in [4.69, 9.17) is 10.2 Å². The lowest BCUT2D eigenvalue weighted by Gasteiger charge is -2.03. The van der Waals surface area contributed by atoms with Crippen molar-refractivity contribution in [2.24, 2.45) is 0 Å². The number of rotatable bonds is 16. The SMILES string of the molecule is CCCCCCCCCCCCCC=CC=CC(=O)OC(=O)C(O)CO. The van der Waals surface area contributed by atoms with E-state index in [1.54, 1.807) is 6.08 Å². The van der Waals surface area contributed by atoms with Crippen LogP contribution in [0.15, 0.2) is 24.3 Å². The van der Waals surface area contributed by atoms with Crippen molar-refractivity contribution in [1.29, 1.82) is 0 Å². The highest BCUT2D eigenvalue weighted by atomic mass is 16.6. The third kappa shape index (κ3) is 16.0. The lowest BCUT2D eigenvalue weighted by Crippen LogP contribution is -2.28. The minimum atomic E-state index is -1.68. The van der Waals surface area contributed by atoms with Gasteiger partial charge in [-0.2, -0.15) is 0 Å². The highest BCUT2D eigenvalue weighted by Crippen LogP contribution is 2.12. The maximum atomic E-state index is 11.3. The number of carbonyl (C=O) groups excluding carboxylic acids is 2. The van der Waals surface area contributed by atoms with Gasteiger partial charge in [0.25, 0.3) is 0 Å². The Morgan fingerprint density at radius 3 is 1.96 bits per heavy atom. The smallest absolute Gasteiger partial charge is 0.345 e.